The average Bonchev–Trinajstić information content (AvgIpc) is 2.76. The number of rotatable bonds is 9. The fourth-order valence-electron chi connectivity index (χ4n) is 3.60. The quantitative estimate of drug-likeness (QED) is 0.533. The molecule has 30 heavy (non-hydrogen) atoms. The number of nitrogens with one attached hydrogen (secondary N) is 1. The number of nitrogens with zero attached hydrogens (tertiary/aromatic N) is 2. The molecule has 3 rings (SSSR count). The SMILES string of the molecule is Cc1ccc(C(=O)N(CCCCCC[NH3+])[C@@H](C)c2nc3ccccc3c(=O)[nH]2)cc1. The second kappa shape index (κ2) is 10.2. The number of aryl methyl sites for hydroxylation is 1. The predicted molar refractivity (Wildman–Crippen MR) is 119 cm³/mol. The molecule has 0 unspecified atom stereocenters. The molecule has 1 heterocycles. The van der Waals surface area contributed by atoms with Gasteiger partial charge in [-0.1, -0.05) is 36.2 Å². The Balaban J connectivity index is 1.88. The van der Waals surface area contributed by atoms with Crippen LogP contribution in [-0.2, 0) is 0 Å². The van der Waals surface area contributed by atoms with Crippen molar-refractivity contribution >= 4 is 16.8 Å². The smallest absolute Gasteiger partial charge is 0.258 e. The first-order valence-corrected chi connectivity index (χ1v) is 10.7. The van der Waals surface area contributed by atoms with Gasteiger partial charge in [-0.2, -0.15) is 0 Å². The van der Waals surface area contributed by atoms with Gasteiger partial charge in [-0.15, -0.1) is 0 Å². The molecule has 0 saturated carbocycles. The van der Waals surface area contributed by atoms with Crippen molar-refractivity contribution in [3.63, 3.8) is 0 Å². The lowest BCUT2D eigenvalue weighted by molar-refractivity contribution is -0.368. The maximum Gasteiger partial charge on any atom is 0.258 e. The van der Waals surface area contributed by atoms with Crippen molar-refractivity contribution in [2.45, 2.75) is 45.6 Å². The zero-order chi connectivity index (χ0) is 21.5. The van der Waals surface area contributed by atoms with E-state index in [0.29, 0.717) is 28.8 Å². The van der Waals surface area contributed by atoms with Gasteiger partial charge in [0.25, 0.3) is 11.5 Å². The monoisotopic (exact) mass is 407 g/mol. The predicted octanol–water partition coefficient (Wildman–Crippen LogP) is 3.24. The number of hydrogen-bond donors (Lipinski definition) is 2. The molecule has 0 spiro atoms. The standard InChI is InChI=1S/C24H30N4O2/c1-17-11-13-19(14-12-17)24(30)28(16-8-4-3-7-15-25)18(2)22-26-21-10-6-5-9-20(21)23(29)27-22/h5-6,9-14,18H,3-4,7-8,15-16,25H2,1-2H3,(H,26,27,29)/p+1/t18-/m0/s1. The average molecular weight is 408 g/mol. The lowest BCUT2D eigenvalue weighted by Gasteiger charge is -2.29. The highest BCUT2D eigenvalue weighted by Crippen LogP contribution is 2.22. The molecule has 4 N–H and O–H groups in total. The van der Waals surface area contributed by atoms with Crippen molar-refractivity contribution in [1.29, 1.82) is 0 Å². The lowest BCUT2D eigenvalue weighted by Crippen LogP contribution is -2.50. The molecule has 6 heteroatoms. The molecular formula is C24H31N4O2+. The lowest BCUT2D eigenvalue weighted by atomic mass is 10.1. The Morgan fingerprint density at radius 1 is 1.07 bits per heavy atom. The van der Waals surface area contributed by atoms with Crippen LogP contribution in [0.3, 0.4) is 0 Å². The van der Waals surface area contributed by atoms with Crippen molar-refractivity contribution < 1.29 is 10.5 Å². The van der Waals surface area contributed by atoms with Crippen LogP contribution in [0.2, 0.25) is 0 Å². The van der Waals surface area contributed by atoms with Crippen molar-refractivity contribution in [1.82, 2.24) is 14.9 Å². The summed E-state index contributed by atoms with van der Waals surface area (Å²) in [5, 5.41) is 0.554. The van der Waals surface area contributed by atoms with Gasteiger partial charge in [-0.3, -0.25) is 9.59 Å². The van der Waals surface area contributed by atoms with E-state index in [2.05, 4.69) is 15.7 Å². The zero-order valence-electron chi connectivity index (χ0n) is 17.9. The third-order valence-corrected chi connectivity index (χ3v) is 5.45. The van der Waals surface area contributed by atoms with Gasteiger partial charge in [-0.25, -0.2) is 4.98 Å². The summed E-state index contributed by atoms with van der Waals surface area (Å²) in [6.45, 7) is 5.47. The maximum absolute atomic E-state index is 13.3. The van der Waals surface area contributed by atoms with Crippen LogP contribution in [0.25, 0.3) is 10.9 Å². The van der Waals surface area contributed by atoms with Crippen LogP contribution in [0.5, 0.6) is 0 Å². The van der Waals surface area contributed by atoms with Crippen LogP contribution in [0, 0.1) is 6.92 Å². The van der Waals surface area contributed by atoms with Crippen molar-refractivity contribution in [3.8, 4) is 0 Å². The van der Waals surface area contributed by atoms with E-state index in [-0.39, 0.29) is 17.5 Å². The number of aromatic nitrogens is 2. The summed E-state index contributed by atoms with van der Waals surface area (Å²) in [5.41, 5.74) is 6.11. The number of carbonyl (C=O) groups is 1. The van der Waals surface area contributed by atoms with Crippen LogP contribution < -0.4 is 11.3 Å². The van der Waals surface area contributed by atoms with Gasteiger partial charge < -0.3 is 15.6 Å². The topological polar surface area (TPSA) is 93.7 Å². The molecule has 0 radical (unpaired) electrons. The summed E-state index contributed by atoms with van der Waals surface area (Å²) in [4.78, 5) is 35.2. The minimum absolute atomic E-state index is 0.0459. The Morgan fingerprint density at radius 2 is 1.77 bits per heavy atom. The second-order valence-corrected chi connectivity index (χ2v) is 7.78. The summed E-state index contributed by atoms with van der Waals surface area (Å²) < 4.78 is 0. The highest BCUT2D eigenvalue weighted by molar-refractivity contribution is 5.94. The van der Waals surface area contributed by atoms with Gasteiger partial charge in [0.1, 0.15) is 5.82 Å². The molecule has 158 valence electrons. The molecule has 2 aromatic carbocycles. The Bertz CT molecular complexity index is 1040. The number of para-hydroxylation sites is 1. The van der Waals surface area contributed by atoms with E-state index < -0.39 is 0 Å². The number of H-pyrrole nitrogens is 1. The van der Waals surface area contributed by atoms with E-state index in [9.17, 15) is 9.59 Å². The van der Waals surface area contributed by atoms with Crippen molar-refractivity contribution in [2.75, 3.05) is 13.1 Å². The Morgan fingerprint density at radius 3 is 2.50 bits per heavy atom. The van der Waals surface area contributed by atoms with Gasteiger partial charge in [-0.05, 0) is 57.4 Å². The van der Waals surface area contributed by atoms with E-state index in [4.69, 9.17) is 0 Å². The highest BCUT2D eigenvalue weighted by Gasteiger charge is 2.24. The number of fused-ring (bicyclic) bond motifs is 1. The number of hydrogen-bond acceptors (Lipinski definition) is 3. The normalized spacial score (nSPS) is 12.1. The third-order valence-electron chi connectivity index (χ3n) is 5.45. The molecule has 0 bridgehead atoms. The van der Waals surface area contributed by atoms with Crippen molar-refractivity contribution in [2.24, 2.45) is 0 Å². The van der Waals surface area contributed by atoms with Gasteiger partial charge in [0, 0.05) is 12.1 Å². The number of unbranched alkanes of at least 4 members (excludes halogenated alkanes) is 3. The first kappa shape index (κ1) is 21.7. The number of quaternary nitrogens is 1. The molecule has 1 aromatic heterocycles. The minimum Gasteiger partial charge on any atom is -0.358 e. The molecule has 0 saturated heterocycles. The highest BCUT2D eigenvalue weighted by atomic mass is 16.2. The Hall–Kier alpha value is -2.99. The van der Waals surface area contributed by atoms with Crippen LogP contribution in [-0.4, -0.2) is 33.9 Å². The summed E-state index contributed by atoms with van der Waals surface area (Å²) in [7, 11) is 0. The Labute approximate surface area is 177 Å². The van der Waals surface area contributed by atoms with Gasteiger partial charge in [0.05, 0.1) is 23.5 Å². The van der Waals surface area contributed by atoms with Crippen LogP contribution in [0.1, 0.15) is 60.4 Å². The number of aromatic amines is 1. The minimum atomic E-state index is -0.344. The van der Waals surface area contributed by atoms with E-state index in [1.165, 1.54) is 0 Å². The van der Waals surface area contributed by atoms with E-state index in [1.807, 2.05) is 61.2 Å². The Kier molecular flexibility index (Phi) is 7.36. The zero-order valence-corrected chi connectivity index (χ0v) is 17.9. The van der Waals surface area contributed by atoms with Gasteiger partial charge in [0.2, 0.25) is 0 Å². The third kappa shape index (κ3) is 5.13. The summed E-state index contributed by atoms with van der Waals surface area (Å²) in [5.74, 6) is 0.465. The number of amides is 1. The molecule has 0 aliphatic carbocycles. The van der Waals surface area contributed by atoms with E-state index >= 15 is 0 Å². The van der Waals surface area contributed by atoms with Crippen LogP contribution in [0.15, 0.2) is 53.3 Å². The first-order valence-electron chi connectivity index (χ1n) is 10.7. The maximum atomic E-state index is 13.3. The molecule has 3 aromatic rings. The van der Waals surface area contributed by atoms with Crippen molar-refractivity contribution in [3.05, 3.63) is 75.8 Å². The van der Waals surface area contributed by atoms with Gasteiger partial charge in [0.15, 0.2) is 0 Å². The molecule has 1 atom stereocenters. The fraction of sp³-hybridized carbons (Fsp3) is 0.375. The molecule has 0 aliphatic heterocycles. The van der Waals surface area contributed by atoms with Crippen LogP contribution >= 0.6 is 0 Å². The molecular weight excluding hydrogens is 376 g/mol. The second-order valence-electron chi connectivity index (χ2n) is 7.78. The summed E-state index contributed by atoms with van der Waals surface area (Å²) >= 11 is 0. The van der Waals surface area contributed by atoms with E-state index in [1.54, 1.807) is 6.07 Å². The first-order chi connectivity index (χ1) is 14.5. The van der Waals surface area contributed by atoms with Gasteiger partial charge >= 0.3 is 0 Å². The number of carbonyl (C=O) groups excluding carboxylic acids is 1. The largest absolute Gasteiger partial charge is 0.358 e. The number of benzene rings is 2. The molecule has 6 nitrogen and oxygen atoms in total. The van der Waals surface area contributed by atoms with Crippen LogP contribution in [0.4, 0.5) is 0 Å². The molecule has 0 aliphatic rings. The summed E-state index contributed by atoms with van der Waals surface area (Å²) in [6, 6.07) is 14.5. The fourth-order valence-corrected chi connectivity index (χ4v) is 3.60. The molecule has 0 fully saturated rings. The van der Waals surface area contributed by atoms with E-state index in [0.717, 1.165) is 37.8 Å². The molecule has 1 amide bonds. The summed E-state index contributed by atoms with van der Waals surface area (Å²) in [6.07, 6.45) is 4.15.